The molecule has 1 aliphatic carbocycles. The second-order valence-corrected chi connectivity index (χ2v) is 4.00. The third-order valence-electron chi connectivity index (χ3n) is 2.96. The maximum atomic E-state index is 11.9. The molecule has 2 rings (SSSR count). The summed E-state index contributed by atoms with van der Waals surface area (Å²) in [7, 11) is 0. The molecule has 1 unspecified atom stereocenters. The summed E-state index contributed by atoms with van der Waals surface area (Å²) in [4.78, 5) is 11.8. The van der Waals surface area contributed by atoms with Gasteiger partial charge >= 0.3 is 12.1 Å². The molecule has 0 spiro atoms. The van der Waals surface area contributed by atoms with Crippen LogP contribution >= 0.6 is 0 Å². The minimum atomic E-state index is -4.17. The van der Waals surface area contributed by atoms with Gasteiger partial charge in [-0.2, -0.15) is 13.2 Å². The van der Waals surface area contributed by atoms with Crippen LogP contribution in [0.1, 0.15) is 0 Å². The lowest BCUT2D eigenvalue weighted by Gasteiger charge is -2.19. The molecule has 3 nitrogen and oxygen atoms in total. The van der Waals surface area contributed by atoms with Crippen molar-refractivity contribution in [3.05, 3.63) is 0 Å². The van der Waals surface area contributed by atoms with Crippen LogP contribution in [0.4, 0.5) is 13.2 Å². The number of aliphatic carboxylic acids is 1. The summed E-state index contributed by atoms with van der Waals surface area (Å²) >= 11 is 0. The topological polar surface area (TPSA) is 40.5 Å². The summed E-state index contributed by atoms with van der Waals surface area (Å²) in [6.45, 7) is -0.353. The predicted octanol–water partition coefficient (Wildman–Crippen LogP) is 0.811. The molecule has 1 saturated heterocycles. The molecule has 0 radical (unpaired) electrons. The molecule has 1 aliphatic heterocycles. The van der Waals surface area contributed by atoms with E-state index < -0.39 is 18.7 Å². The van der Waals surface area contributed by atoms with E-state index in [9.17, 15) is 18.0 Å². The van der Waals surface area contributed by atoms with Crippen LogP contribution in [0.25, 0.3) is 0 Å². The lowest BCUT2D eigenvalue weighted by atomic mass is 10.2. The normalized spacial score (nSPS) is 36.9. The minimum Gasteiger partial charge on any atom is -0.481 e. The van der Waals surface area contributed by atoms with Gasteiger partial charge in [-0.15, -0.1) is 0 Å². The average Bonchev–Trinajstić information content (AvgIpc) is 2.47. The fourth-order valence-electron chi connectivity index (χ4n) is 2.36. The highest BCUT2D eigenvalue weighted by atomic mass is 19.4. The zero-order valence-corrected chi connectivity index (χ0v) is 7.29. The summed E-state index contributed by atoms with van der Waals surface area (Å²) in [5.74, 6) is -1.35. The molecule has 0 bridgehead atoms. The Kier molecular flexibility index (Phi) is 1.99. The fraction of sp³-hybridized carbons (Fsp3) is 0.875. The number of fused-ring (bicyclic) bond motifs is 1. The molecular weight excluding hydrogens is 199 g/mol. The zero-order chi connectivity index (χ0) is 10.5. The zero-order valence-electron chi connectivity index (χ0n) is 7.29. The molecule has 3 atom stereocenters. The molecule has 1 N–H and O–H groups in total. The third kappa shape index (κ3) is 1.70. The van der Waals surface area contributed by atoms with Crippen molar-refractivity contribution in [1.82, 2.24) is 4.90 Å². The van der Waals surface area contributed by atoms with Crippen LogP contribution in [0.3, 0.4) is 0 Å². The van der Waals surface area contributed by atoms with Crippen molar-refractivity contribution in [1.29, 1.82) is 0 Å². The van der Waals surface area contributed by atoms with Crippen molar-refractivity contribution < 1.29 is 23.1 Å². The van der Waals surface area contributed by atoms with E-state index in [1.807, 2.05) is 0 Å². The molecule has 2 fully saturated rings. The van der Waals surface area contributed by atoms with Crippen LogP contribution in [0.15, 0.2) is 0 Å². The van der Waals surface area contributed by atoms with Crippen molar-refractivity contribution in [2.45, 2.75) is 6.18 Å². The molecule has 14 heavy (non-hydrogen) atoms. The molecule has 0 amide bonds. The van der Waals surface area contributed by atoms with Gasteiger partial charge in [0.15, 0.2) is 0 Å². The Morgan fingerprint density at radius 2 is 1.86 bits per heavy atom. The Labute approximate surface area is 78.5 Å². The number of piperidine rings is 1. The summed E-state index contributed by atoms with van der Waals surface area (Å²) < 4.78 is 35.8. The summed E-state index contributed by atoms with van der Waals surface area (Å²) in [6, 6.07) is 0. The van der Waals surface area contributed by atoms with E-state index >= 15 is 0 Å². The van der Waals surface area contributed by atoms with Crippen LogP contribution in [0.2, 0.25) is 0 Å². The van der Waals surface area contributed by atoms with Crippen LogP contribution in [-0.4, -0.2) is 41.8 Å². The number of carboxylic acids is 1. The largest absolute Gasteiger partial charge is 0.481 e. The van der Waals surface area contributed by atoms with Crippen LogP contribution in [0, 0.1) is 17.8 Å². The van der Waals surface area contributed by atoms with Gasteiger partial charge in [0.2, 0.25) is 0 Å². The van der Waals surface area contributed by atoms with Crippen molar-refractivity contribution >= 4 is 5.97 Å². The number of halogens is 3. The lowest BCUT2D eigenvalue weighted by molar-refractivity contribution is -0.146. The summed E-state index contributed by atoms with van der Waals surface area (Å²) in [5, 5.41) is 8.64. The monoisotopic (exact) mass is 209 g/mol. The first kappa shape index (κ1) is 9.76. The Balaban J connectivity index is 1.82. The minimum absolute atomic E-state index is 0.0464. The van der Waals surface area contributed by atoms with Gasteiger partial charge in [-0.3, -0.25) is 9.69 Å². The highest BCUT2D eigenvalue weighted by Gasteiger charge is 2.60. The molecule has 0 aromatic carbocycles. The second-order valence-electron chi connectivity index (χ2n) is 4.00. The van der Waals surface area contributed by atoms with Crippen molar-refractivity contribution in [2.75, 3.05) is 19.6 Å². The average molecular weight is 209 g/mol. The molecule has 1 heterocycles. The van der Waals surface area contributed by atoms with Crippen molar-refractivity contribution in [3.63, 3.8) is 0 Å². The van der Waals surface area contributed by atoms with E-state index in [1.165, 1.54) is 4.90 Å². The number of hydrogen-bond donors (Lipinski definition) is 1. The fourth-order valence-corrected chi connectivity index (χ4v) is 2.36. The first-order valence-electron chi connectivity index (χ1n) is 4.40. The predicted molar refractivity (Wildman–Crippen MR) is 40.6 cm³/mol. The first-order valence-corrected chi connectivity index (χ1v) is 4.40. The summed E-state index contributed by atoms with van der Waals surface area (Å²) in [5.41, 5.74) is 0. The smallest absolute Gasteiger partial charge is 0.401 e. The number of nitrogens with zero attached hydrogens (tertiary/aromatic N) is 1. The molecule has 0 aromatic heterocycles. The highest BCUT2D eigenvalue weighted by Crippen LogP contribution is 2.52. The van der Waals surface area contributed by atoms with E-state index in [4.69, 9.17) is 5.11 Å². The number of likely N-dealkylation sites (tertiary alicyclic amines) is 1. The van der Waals surface area contributed by atoms with E-state index in [1.54, 1.807) is 0 Å². The van der Waals surface area contributed by atoms with Crippen molar-refractivity contribution in [3.8, 4) is 0 Å². The Morgan fingerprint density at radius 1 is 1.36 bits per heavy atom. The molecule has 1 saturated carbocycles. The maximum Gasteiger partial charge on any atom is 0.401 e. The van der Waals surface area contributed by atoms with Gasteiger partial charge in [0, 0.05) is 13.1 Å². The molecule has 6 heteroatoms. The highest BCUT2D eigenvalue weighted by molar-refractivity contribution is 5.74. The molecule has 0 aromatic rings. The van der Waals surface area contributed by atoms with E-state index in [0.717, 1.165) is 0 Å². The first-order chi connectivity index (χ1) is 6.38. The Morgan fingerprint density at radius 3 is 2.21 bits per heavy atom. The van der Waals surface area contributed by atoms with Gasteiger partial charge in [-0.25, -0.2) is 0 Å². The molecule has 80 valence electrons. The third-order valence-corrected chi connectivity index (χ3v) is 2.96. The second kappa shape index (κ2) is 2.85. The number of hydrogen-bond acceptors (Lipinski definition) is 2. The summed E-state index contributed by atoms with van der Waals surface area (Å²) in [6.07, 6.45) is -4.17. The lowest BCUT2D eigenvalue weighted by Crippen LogP contribution is -2.35. The maximum absolute atomic E-state index is 11.9. The van der Waals surface area contributed by atoms with Gasteiger partial charge < -0.3 is 5.11 Å². The number of carbonyl (C=O) groups is 1. The molecule has 2 aliphatic rings. The van der Waals surface area contributed by atoms with Gasteiger partial charge in [0.1, 0.15) is 0 Å². The van der Waals surface area contributed by atoms with Crippen LogP contribution in [0.5, 0.6) is 0 Å². The van der Waals surface area contributed by atoms with E-state index in [2.05, 4.69) is 0 Å². The van der Waals surface area contributed by atoms with Gasteiger partial charge in [-0.05, 0) is 11.8 Å². The van der Waals surface area contributed by atoms with Crippen molar-refractivity contribution in [2.24, 2.45) is 17.8 Å². The standard InChI is InChI=1S/C8H10F3NO2/c9-8(10,11)3-12-1-4-5(2-12)6(4)7(13)14/h4-6H,1-3H2,(H,13,14)/t4-,5+,6?. The van der Waals surface area contributed by atoms with Crippen LogP contribution in [-0.2, 0) is 4.79 Å². The Bertz CT molecular complexity index is 254. The van der Waals surface area contributed by atoms with E-state index in [-0.39, 0.29) is 30.8 Å². The van der Waals surface area contributed by atoms with Gasteiger partial charge in [0.25, 0.3) is 0 Å². The number of alkyl halides is 3. The number of rotatable bonds is 2. The number of carboxylic acid groups (broad SMARTS) is 1. The van der Waals surface area contributed by atoms with Crippen LogP contribution < -0.4 is 0 Å². The SMILES string of the molecule is O=C(O)C1[C@H]2CN(CC(F)(F)F)C[C@@H]12. The Hall–Kier alpha value is -0.780. The quantitative estimate of drug-likeness (QED) is 0.731. The van der Waals surface area contributed by atoms with E-state index in [0.29, 0.717) is 0 Å². The van der Waals surface area contributed by atoms with Gasteiger partial charge in [0.05, 0.1) is 12.5 Å². The van der Waals surface area contributed by atoms with Gasteiger partial charge in [-0.1, -0.05) is 0 Å². The molecular formula is C8H10F3NO2.